The largest absolute Gasteiger partial charge is 0.453 e. The van der Waals surface area contributed by atoms with Crippen molar-refractivity contribution in [3.8, 4) is 68.3 Å². The van der Waals surface area contributed by atoms with Crippen molar-refractivity contribution in [3.05, 3.63) is 302 Å². The van der Waals surface area contributed by atoms with Crippen LogP contribution in [-0.4, -0.2) is 19.9 Å². The Morgan fingerprint density at radius 1 is 0.260 bits per heavy atom. The SMILES string of the molecule is c1ccc(-c2cccc(-c3ccc(C(c4ccc(-c5cccc(-c6ccccn6)n5)cc4)(c4ccc(N5c6ccccc6Oc6ccccc65)cc4)c4ccc(N5c6ccccc6Oc6ccccc65)cc4)cc3)n2)nc1. The number of hydrogen-bond donors (Lipinski definition) is 0. The van der Waals surface area contributed by atoms with Gasteiger partial charge in [0, 0.05) is 34.9 Å². The van der Waals surface area contributed by atoms with Crippen molar-refractivity contribution in [1.29, 1.82) is 0 Å². The minimum absolute atomic E-state index is 0.801. The van der Waals surface area contributed by atoms with E-state index >= 15 is 0 Å². The smallest absolute Gasteiger partial charge is 0.151 e. The van der Waals surface area contributed by atoms with E-state index in [0.717, 1.165) is 125 Å². The van der Waals surface area contributed by atoms with Gasteiger partial charge in [0.25, 0.3) is 0 Å². The van der Waals surface area contributed by atoms with Gasteiger partial charge < -0.3 is 19.3 Å². The van der Waals surface area contributed by atoms with Gasteiger partial charge in [-0.05, 0) is 144 Å². The van der Waals surface area contributed by atoms with E-state index in [4.69, 9.17) is 19.4 Å². The molecule has 364 valence electrons. The summed E-state index contributed by atoms with van der Waals surface area (Å²) < 4.78 is 12.9. The number of ether oxygens (including phenoxy) is 2. The van der Waals surface area contributed by atoms with Crippen molar-refractivity contribution in [1.82, 2.24) is 19.9 Å². The molecule has 77 heavy (non-hydrogen) atoms. The molecule has 4 aromatic heterocycles. The van der Waals surface area contributed by atoms with Gasteiger partial charge in [0.05, 0.1) is 62.3 Å². The molecule has 0 amide bonds. The first-order valence-electron chi connectivity index (χ1n) is 25.7. The Kier molecular flexibility index (Phi) is 11.2. The van der Waals surface area contributed by atoms with E-state index in [2.05, 4.69) is 177 Å². The maximum absolute atomic E-state index is 6.45. The zero-order valence-electron chi connectivity index (χ0n) is 41.6. The minimum atomic E-state index is -0.859. The molecule has 0 saturated heterocycles. The first-order valence-corrected chi connectivity index (χ1v) is 25.7. The van der Waals surface area contributed by atoms with Gasteiger partial charge in [-0.2, -0.15) is 0 Å². The Hall–Kier alpha value is -10.4. The van der Waals surface area contributed by atoms with Crippen LogP contribution in [0.2, 0.25) is 0 Å². The van der Waals surface area contributed by atoms with Crippen molar-refractivity contribution >= 4 is 34.1 Å². The predicted molar refractivity (Wildman–Crippen MR) is 307 cm³/mol. The van der Waals surface area contributed by atoms with Gasteiger partial charge >= 0.3 is 0 Å². The molecule has 8 heteroatoms. The Balaban J connectivity index is 0.961. The van der Waals surface area contributed by atoms with Crippen LogP contribution in [0.3, 0.4) is 0 Å². The molecule has 0 atom stereocenters. The lowest BCUT2D eigenvalue weighted by atomic mass is 9.65. The lowest BCUT2D eigenvalue weighted by Crippen LogP contribution is -2.31. The molecule has 0 aliphatic carbocycles. The number of anilines is 6. The van der Waals surface area contributed by atoms with Crippen molar-refractivity contribution in [2.24, 2.45) is 0 Å². The minimum Gasteiger partial charge on any atom is -0.453 e. The standard InChI is InChI=1S/C69H46N6O2/c1-5-25-65-61(21-1)74(62-22-2-6-26-66(62)76-65)53-41-37-51(38-42-53)69(49-33-29-47(30-34-49)55-17-13-19-59(72-55)57-15-9-11-45-70-57,50-35-31-48(32-36-50)56-18-14-20-60(73-56)58-16-10-12-46-71-58)52-39-43-54(44-40-52)75-63-23-3-7-27-67(63)77-68-28-8-4-24-64(68)75/h1-46H. The third kappa shape index (κ3) is 8.03. The summed E-state index contributed by atoms with van der Waals surface area (Å²) >= 11 is 0. The summed E-state index contributed by atoms with van der Waals surface area (Å²) in [5, 5.41) is 0. The fourth-order valence-electron chi connectivity index (χ4n) is 11.0. The topological polar surface area (TPSA) is 76.5 Å². The van der Waals surface area contributed by atoms with Crippen molar-refractivity contribution < 1.29 is 9.47 Å². The molecule has 12 aromatic rings. The molecular weight excluding hydrogens is 945 g/mol. The Labute approximate surface area is 446 Å². The molecule has 2 aliphatic rings. The van der Waals surface area contributed by atoms with Crippen LogP contribution in [0.1, 0.15) is 22.3 Å². The Morgan fingerprint density at radius 2 is 0.558 bits per heavy atom. The lowest BCUT2D eigenvalue weighted by molar-refractivity contribution is 0.477. The van der Waals surface area contributed by atoms with Gasteiger partial charge in [-0.1, -0.05) is 146 Å². The number of hydrogen-bond acceptors (Lipinski definition) is 8. The van der Waals surface area contributed by atoms with E-state index < -0.39 is 5.41 Å². The summed E-state index contributed by atoms with van der Waals surface area (Å²) in [5.74, 6) is 3.21. The monoisotopic (exact) mass is 990 g/mol. The van der Waals surface area contributed by atoms with Crippen LogP contribution in [0.5, 0.6) is 23.0 Å². The maximum atomic E-state index is 6.45. The van der Waals surface area contributed by atoms with Crippen LogP contribution in [0.25, 0.3) is 45.3 Å². The average Bonchev–Trinajstić information content (AvgIpc) is 3.52. The van der Waals surface area contributed by atoms with Gasteiger partial charge in [-0.15, -0.1) is 0 Å². The molecule has 0 radical (unpaired) electrons. The van der Waals surface area contributed by atoms with E-state index in [1.165, 1.54) is 0 Å². The normalized spacial score (nSPS) is 12.3. The second-order valence-electron chi connectivity index (χ2n) is 19.0. The van der Waals surface area contributed by atoms with Crippen LogP contribution >= 0.6 is 0 Å². The highest BCUT2D eigenvalue weighted by Gasteiger charge is 2.40. The summed E-state index contributed by atoms with van der Waals surface area (Å²) in [6.45, 7) is 0. The number of rotatable bonds is 10. The van der Waals surface area contributed by atoms with Crippen LogP contribution in [-0.2, 0) is 5.41 Å². The van der Waals surface area contributed by atoms with E-state index in [1.807, 2.05) is 109 Å². The molecule has 8 nitrogen and oxygen atoms in total. The van der Waals surface area contributed by atoms with E-state index in [0.29, 0.717) is 0 Å². The van der Waals surface area contributed by atoms with Gasteiger partial charge in [-0.3, -0.25) is 9.97 Å². The molecule has 0 unspecified atom stereocenters. The lowest BCUT2D eigenvalue weighted by Gasteiger charge is -2.38. The molecule has 8 aromatic carbocycles. The van der Waals surface area contributed by atoms with Gasteiger partial charge in [-0.25, -0.2) is 9.97 Å². The van der Waals surface area contributed by atoms with Gasteiger partial charge in [0.2, 0.25) is 0 Å². The molecule has 14 rings (SSSR count). The van der Waals surface area contributed by atoms with Crippen molar-refractivity contribution in [2.75, 3.05) is 9.80 Å². The molecule has 0 fully saturated rings. The highest BCUT2D eigenvalue weighted by atomic mass is 16.5. The fourth-order valence-corrected chi connectivity index (χ4v) is 11.0. The third-order valence-electron chi connectivity index (χ3n) is 14.6. The summed E-state index contributed by atoms with van der Waals surface area (Å²) in [6, 6.07) is 92.8. The summed E-state index contributed by atoms with van der Waals surface area (Å²) in [6.07, 6.45) is 3.61. The molecule has 6 heterocycles. The highest BCUT2D eigenvalue weighted by molar-refractivity contribution is 5.88. The van der Waals surface area contributed by atoms with Crippen molar-refractivity contribution in [2.45, 2.75) is 5.41 Å². The summed E-state index contributed by atoms with van der Waals surface area (Å²) in [4.78, 5) is 24.0. The molecule has 2 aliphatic heterocycles. The summed E-state index contributed by atoms with van der Waals surface area (Å²) in [5.41, 5.74) is 16.4. The first-order chi connectivity index (χ1) is 38.2. The van der Waals surface area contributed by atoms with Crippen LogP contribution in [0.15, 0.2) is 279 Å². The maximum Gasteiger partial charge on any atom is 0.151 e. The molecule has 0 saturated carbocycles. The third-order valence-corrected chi connectivity index (χ3v) is 14.6. The van der Waals surface area contributed by atoms with E-state index in [1.54, 1.807) is 12.4 Å². The van der Waals surface area contributed by atoms with Gasteiger partial charge in [0.15, 0.2) is 23.0 Å². The van der Waals surface area contributed by atoms with E-state index in [9.17, 15) is 0 Å². The predicted octanol–water partition coefficient (Wildman–Crippen LogP) is 17.5. The summed E-state index contributed by atoms with van der Waals surface area (Å²) in [7, 11) is 0. The fraction of sp³-hybridized carbons (Fsp3) is 0.0145. The highest BCUT2D eigenvalue weighted by Crippen LogP contribution is 2.54. The van der Waals surface area contributed by atoms with E-state index in [-0.39, 0.29) is 0 Å². The Bertz CT molecular complexity index is 3740. The molecule has 0 bridgehead atoms. The zero-order chi connectivity index (χ0) is 51.1. The Morgan fingerprint density at radius 3 is 0.896 bits per heavy atom. The number of nitrogens with zero attached hydrogens (tertiary/aromatic N) is 6. The molecule has 0 spiro atoms. The van der Waals surface area contributed by atoms with Crippen LogP contribution in [0.4, 0.5) is 34.1 Å². The second-order valence-corrected chi connectivity index (χ2v) is 19.0. The zero-order valence-corrected chi connectivity index (χ0v) is 41.6. The first kappa shape index (κ1) is 45.2. The number of fused-ring (bicyclic) bond motifs is 4. The average molecular weight is 991 g/mol. The molecular formula is C69H46N6O2. The quantitative estimate of drug-likeness (QED) is 0.125. The number of para-hydroxylation sites is 8. The number of benzene rings is 8. The second kappa shape index (κ2) is 19.1. The molecule has 0 N–H and O–H groups in total. The number of pyridine rings is 4. The number of aromatic nitrogens is 4. The van der Waals surface area contributed by atoms with Gasteiger partial charge in [0.1, 0.15) is 0 Å². The van der Waals surface area contributed by atoms with Crippen LogP contribution < -0.4 is 19.3 Å². The van der Waals surface area contributed by atoms with Crippen LogP contribution in [0, 0.1) is 0 Å². The van der Waals surface area contributed by atoms with Crippen molar-refractivity contribution in [3.63, 3.8) is 0 Å².